The number of piperazine rings is 1. The Morgan fingerprint density at radius 3 is 2.62 bits per heavy atom. The molecule has 1 saturated heterocycles. The predicted molar refractivity (Wildman–Crippen MR) is 74.2 cm³/mol. The summed E-state index contributed by atoms with van der Waals surface area (Å²) in [6, 6.07) is 0. The molecule has 0 bridgehead atoms. The van der Waals surface area contributed by atoms with E-state index in [2.05, 4.69) is 15.2 Å². The second kappa shape index (κ2) is 7.16. The van der Waals surface area contributed by atoms with Crippen molar-refractivity contribution < 1.29 is 14.3 Å². The van der Waals surface area contributed by atoms with Crippen molar-refractivity contribution in [3.8, 4) is 0 Å². The number of ether oxygens (including phenoxy) is 1. The Kier molecular flexibility index (Phi) is 5.26. The van der Waals surface area contributed by atoms with Crippen LogP contribution in [0, 0.1) is 0 Å². The van der Waals surface area contributed by atoms with Crippen LogP contribution in [0.1, 0.15) is 19.5 Å². The maximum Gasteiger partial charge on any atom is 0.327 e. The van der Waals surface area contributed by atoms with Gasteiger partial charge in [0.25, 0.3) is 0 Å². The largest absolute Gasteiger partial charge is 0.465 e. The van der Waals surface area contributed by atoms with Gasteiger partial charge in [0.15, 0.2) is 0 Å². The summed E-state index contributed by atoms with van der Waals surface area (Å²) in [4.78, 5) is 26.7. The average molecular weight is 295 g/mol. The Morgan fingerprint density at radius 1 is 1.29 bits per heavy atom. The highest BCUT2D eigenvalue weighted by Crippen LogP contribution is 2.06. The van der Waals surface area contributed by atoms with E-state index in [9.17, 15) is 9.59 Å². The van der Waals surface area contributed by atoms with Crippen LogP contribution in [-0.4, -0.2) is 69.5 Å². The Hall–Kier alpha value is -1.96. The van der Waals surface area contributed by atoms with E-state index in [1.807, 2.05) is 4.90 Å². The first kappa shape index (κ1) is 15.4. The SMILES string of the molecule is CCOC(=O)Cn1cc(CN2CCN(C(C)=O)CC2)nn1. The summed E-state index contributed by atoms with van der Waals surface area (Å²) in [6.45, 7) is 7.61. The summed E-state index contributed by atoms with van der Waals surface area (Å²) in [5.74, 6) is -0.195. The lowest BCUT2D eigenvalue weighted by Gasteiger charge is -2.33. The van der Waals surface area contributed by atoms with Crippen molar-refractivity contribution in [1.82, 2.24) is 24.8 Å². The fourth-order valence-corrected chi connectivity index (χ4v) is 2.28. The van der Waals surface area contributed by atoms with Gasteiger partial charge in [-0.3, -0.25) is 14.5 Å². The molecule has 0 radical (unpaired) electrons. The fraction of sp³-hybridized carbons (Fsp3) is 0.692. The van der Waals surface area contributed by atoms with Gasteiger partial charge in [0.2, 0.25) is 5.91 Å². The lowest BCUT2D eigenvalue weighted by Crippen LogP contribution is -2.47. The molecule has 0 aliphatic carbocycles. The molecule has 2 rings (SSSR count). The molecule has 0 N–H and O–H groups in total. The van der Waals surface area contributed by atoms with Crippen LogP contribution in [0.3, 0.4) is 0 Å². The second-order valence-electron chi connectivity index (χ2n) is 4.99. The van der Waals surface area contributed by atoms with E-state index >= 15 is 0 Å². The zero-order valence-corrected chi connectivity index (χ0v) is 12.5. The van der Waals surface area contributed by atoms with Crippen molar-refractivity contribution in [3.63, 3.8) is 0 Å². The maximum atomic E-state index is 11.4. The van der Waals surface area contributed by atoms with Gasteiger partial charge >= 0.3 is 5.97 Å². The van der Waals surface area contributed by atoms with Crippen molar-refractivity contribution >= 4 is 11.9 Å². The highest BCUT2D eigenvalue weighted by Gasteiger charge is 2.19. The lowest BCUT2D eigenvalue weighted by atomic mass is 10.3. The average Bonchev–Trinajstić information content (AvgIpc) is 2.86. The van der Waals surface area contributed by atoms with Gasteiger partial charge in [0, 0.05) is 39.6 Å². The van der Waals surface area contributed by atoms with Gasteiger partial charge in [0.1, 0.15) is 6.54 Å². The molecule has 1 aromatic rings. The molecule has 1 aliphatic heterocycles. The predicted octanol–water partition coefficient (Wildman–Crippen LogP) is -0.495. The highest BCUT2D eigenvalue weighted by atomic mass is 16.5. The van der Waals surface area contributed by atoms with Crippen LogP contribution in [0.4, 0.5) is 0 Å². The van der Waals surface area contributed by atoms with Crippen LogP contribution in [0.2, 0.25) is 0 Å². The van der Waals surface area contributed by atoms with Crippen molar-refractivity contribution in [2.75, 3.05) is 32.8 Å². The van der Waals surface area contributed by atoms with Crippen LogP contribution in [0.25, 0.3) is 0 Å². The molecule has 8 nitrogen and oxygen atoms in total. The minimum Gasteiger partial charge on any atom is -0.465 e. The number of esters is 1. The van der Waals surface area contributed by atoms with E-state index in [1.165, 1.54) is 4.68 Å². The standard InChI is InChI=1S/C13H21N5O3/c1-3-21-13(20)10-18-9-12(14-15-18)8-16-4-6-17(7-5-16)11(2)19/h9H,3-8,10H2,1-2H3. The number of aromatic nitrogens is 3. The Morgan fingerprint density at radius 2 is 2.00 bits per heavy atom. The minimum atomic E-state index is -0.316. The third-order valence-electron chi connectivity index (χ3n) is 3.39. The number of carbonyl (C=O) groups excluding carboxylic acids is 2. The summed E-state index contributed by atoms with van der Waals surface area (Å²) in [5, 5.41) is 7.98. The Labute approximate surface area is 123 Å². The molecule has 116 valence electrons. The molecule has 0 saturated carbocycles. The van der Waals surface area contributed by atoms with Gasteiger partial charge in [-0.1, -0.05) is 5.21 Å². The molecule has 0 aromatic carbocycles. The number of rotatable bonds is 5. The summed E-state index contributed by atoms with van der Waals surface area (Å²) >= 11 is 0. The van der Waals surface area contributed by atoms with Crippen LogP contribution in [-0.2, 0) is 27.4 Å². The van der Waals surface area contributed by atoms with Crippen LogP contribution >= 0.6 is 0 Å². The van der Waals surface area contributed by atoms with E-state index in [1.54, 1.807) is 20.0 Å². The fourth-order valence-electron chi connectivity index (χ4n) is 2.28. The molecule has 1 amide bonds. The first-order valence-electron chi connectivity index (χ1n) is 7.11. The molecular weight excluding hydrogens is 274 g/mol. The number of carbonyl (C=O) groups is 2. The molecule has 21 heavy (non-hydrogen) atoms. The second-order valence-corrected chi connectivity index (χ2v) is 4.99. The van der Waals surface area contributed by atoms with Gasteiger partial charge < -0.3 is 9.64 Å². The molecule has 0 unspecified atom stereocenters. The summed E-state index contributed by atoms with van der Waals surface area (Å²) in [7, 11) is 0. The van der Waals surface area contributed by atoms with Gasteiger partial charge in [-0.15, -0.1) is 5.10 Å². The minimum absolute atomic E-state index is 0.0823. The number of nitrogens with zero attached hydrogens (tertiary/aromatic N) is 5. The smallest absolute Gasteiger partial charge is 0.327 e. The normalized spacial score (nSPS) is 16.0. The van der Waals surface area contributed by atoms with Crippen molar-refractivity contribution in [1.29, 1.82) is 0 Å². The van der Waals surface area contributed by atoms with E-state index in [-0.39, 0.29) is 18.4 Å². The quantitative estimate of drug-likeness (QED) is 0.682. The van der Waals surface area contributed by atoms with E-state index in [0.29, 0.717) is 13.2 Å². The third-order valence-corrected chi connectivity index (χ3v) is 3.39. The zero-order chi connectivity index (χ0) is 15.2. The lowest BCUT2D eigenvalue weighted by molar-refractivity contribution is -0.144. The van der Waals surface area contributed by atoms with Crippen LogP contribution in [0.5, 0.6) is 0 Å². The number of hydrogen-bond donors (Lipinski definition) is 0. The monoisotopic (exact) mass is 295 g/mol. The molecule has 1 aromatic heterocycles. The number of hydrogen-bond acceptors (Lipinski definition) is 6. The first-order chi connectivity index (χ1) is 10.1. The zero-order valence-electron chi connectivity index (χ0n) is 12.5. The van der Waals surface area contributed by atoms with Crippen molar-refractivity contribution in [2.45, 2.75) is 26.9 Å². The molecule has 1 fully saturated rings. The topological polar surface area (TPSA) is 80.6 Å². The summed E-state index contributed by atoms with van der Waals surface area (Å²) < 4.78 is 6.35. The molecule has 0 atom stereocenters. The molecule has 0 spiro atoms. The van der Waals surface area contributed by atoms with Gasteiger partial charge in [-0.2, -0.15) is 0 Å². The van der Waals surface area contributed by atoms with Crippen LogP contribution < -0.4 is 0 Å². The van der Waals surface area contributed by atoms with Crippen molar-refractivity contribution in [3.05, 3.63) is 11.9 Å². The maximum absolute atomic E-state index is 11.4. The molecular formula is C13H21N5O3. The van der Waals surface area contributed by atoms with Gasteiger partial charge in [-0.05, 0) is 6.92 Å². The Balaban J connectivity index is 1.80. The van der Waals surface area contributed by atoms with Crippen LogP contribution in [0.15, 0.2) is 6.20 Å². The first-order valence-corrected chi connectivity index (χ1v) is 7.11. The summed E-state index contributed by atoms with van der Waals surface area (Å²) in [5.41, 5.74) is 0.815. The molecule has 8 heteroatoms. The Bertz CT molecular complexity index is 494. The number of amides is 1. The highest BCUT2D eigenvalue weighted by molar-refractivity contribution is 5.73. The third kappa shape index (κ3) is 4.52. The molecule has 2 heterocycles. The van der Waals surface area contributed by atoms with E-state index < -0.39 is 0 Å². The van der Waals surface area contributed by atoms with E-state index in [0.717, 1.165) is 31.9 Å². The summed E-state index contributed by atoms with van der Waals surface area (Å²) in [6.07, 6.45) is 1.76. The van der Waals surface area contributed by atoms with Crippen molar-refractivity contribution in [2.24, 2.45) is 0 Å². The van der Waals surface area contributed by atoms with Gasteiger partial charge in [-0.25, -0.2) is 4.68 Å². The van der Waals surface area contributed by atoms with Gasteiger partial charge in [0.05, 0.1) is 18.5 Å². The molecule has 1 aliphatic rings. The van der Waals surface area contributed by atoms with E-state index in [4.69, 9.17) is 4.74 Å².